The van der Waals surface area contributed by atoms with Crippen molar-refractivity contribution < 1.29 is 35.7 Å². The van der Waals surface area contributed by atoms with Gasteiger partial charge >= 0.3 is 6.09 Å². The van der Waals surface area contributed by atoms with E-state index in [1.807, 2.05) is 68.4 Å². The quantitative estimate of drug-likeness (QED) is 0.267. The molecule has 3 aromatic rings. The third-order valence-corrected chi connectivity index (χ3v) is 10.5. The number of carbonyl (C=O) groups is 1. The molecule has 11 nitrogen and oxygen atoms in total. The standard InChI is InChI=1S/C36H47N8O3.W/c1-35(2,3)47-34(46)43-21-36(22-43)16-26(17-36)42-12-9-23(10-13-42)25-18-39-33(40-19-25)44-14-11-29-31(30(44)20-45)27(32(38)41-29)15-28(37)24-7-5-4-6-8-24;/h4-7,15,18-19,23,26,30,41,45H,9-14,16-17,20-22,37-38H2,1-3H3;/q-1;/b28-15-;. The Bertz CT molecular complexity index is 1620. The van der Waals surface area contributed by atoms with Crippen molar-refractivity contribution in [2.75, 3.05) is 50.0 Å². The van der Waals surface area contributed by atoms with E-state index in [0.717, 1.165) is 67.8 Å². The Kier molecular flexibility index (Phi) is 9.68. The van der Waals surface area contributed by atoms with Crippen LogP contribution in [0.2, 0.25) is 0 Å². The first-order valence-electron chi connectivity index (χ1n) is 16.9. The number of aliphatic hydroxyl groups excluding tert-OH is 1. The number of nitrogens with two attached hydrogens (primary N) is 2. The van der Waals surface area contributed by atoms with Crippen LogP contribution in [-0.2, 0) is 32.2 Å². The zero-order valence-corrected chi connectivity index (χ0v) is 31.0. The van der Waals surface area contributed by atoms with Gasteiger partial charge in [0, 0.05) is 87.8 Å². The first-order chi connectivity index (χ1) is 22.5. The van der Waals surface area contributed by atoms with Crippen LogP contribution in [0.15, 0.2) is 36.7 Å². The maximum atomic E-state index is 12.4. The summed E-state index contributed by atoms with van der Waals surface area (Å²) >= 11 is 0. The van der Waals surface area contributed by atoms with Crippen LogP contribution >= 0.6 is 0 Å². The predicted octanol–water partition coefficient (Wildman–Crippen LogP) is 4.32. The molecule has 2 aromatic heterocycles. The SMILES string of the molecule is CC(C)(C)OC(=O)N1CC2(CC(N3CCC(c4cnc(N5CCc6[nH]c(N)c(/C=C(\N)c7[c-]cccc7)c6C5CO)nc4)CC3)C2)C1.[W]. The van der Waals surface area contributed by atoms with Crippen molar-refractivity contribution in [3.63, 3.8) is 0 Å². The molecular formula is C36H47N8O3W-. The number of rotatable bonds is 6. The monoisotopic (exact) mass is 823 g/mol. The molecule has 256 valence electrons. The van der Waals surface area contributed by atoms with Crippen molar-refractivity contribution in [1.82, 2.24) is 24.8 Å². The van der Waals surface area contributed by atoms with Crippen molar-refractivity contribution in [3.05, 3.63) is 70.7 Å². The molecule has 12 heteroatoms. The number of anilines is 2. The summed E-state index contributed by atoms with van der Waals surface area (Å²) in [6, 6.07) is 11.0. The predicted molar refractivity (Wildman–Crippen MR) is 182 cm³/mol. The Morgan fingerprint density at radius 1 is 1.17 bits per heavy atom. The van der Waals surface area contributed by atoms with Crippen molar-refractivity contribution >= 4 is 29.6 Å². The number of likely N-dealkylation sites (tertiary alicyclic amines) is 2. The second kappa shape index (κ2) is 13.5. The maximum absolute atomic E-state index is 12.4. The molecule has 3 aliphatic heterocycles. The van der Waals surface area contributed by atoms with Crippen molar-refractivity contribution in [1.29, 1.82) is 0 Å². The average Bonchev–Trinajstić information content (AvgIpc) is 3.33. The van der Waals surface area contributed by atoms with Crippen LogP contribution in [0, 0.1) is 11.5 Å². The Labute approximate surface area is 297 Å². The summed E-state index contributed by atoms with van der Waals surface area (Å²) in [5.41, 5.74) is 18.0. The van der Waals surface area contributed by atoms with Gasteiger partial charge in [-0.3, -0.25) is 0 Å². The van der Waals surface area contributed by atoms with Gasteiger partial charge in [-0.1, -0.05) is 6.08 Å². The van der Waals surface area contributed by atoms with Crippen LogP contribution in [0.4, 0.5) is 16.6 Å². The van der Waals surface area contributed by atoms with Gasteiger partial charge in [0.2, 0.25) is 5.95 Å². The molecular weight excluding hydrogens is 776 g/mol. The van der Waals surface area contributed by atoms with Crippen LogP contribution in [-0.4, -0.2) is 86.9 Å². The number of hydrogen-bond donors (Lipinski definition) is 4. The van der Waals surface area contributed by atoms with Gasteiger partial charge in [0.05, 0.1) is 12.6 Å². The number of aromatic nitrogens is 3. The Balaban J connectivity index is 0.00000401. The zero-order valence-electron chi connectivity index (χ0n) is 28.1. The van der Waals surface area contributed by atoms with Crippen molar-refractivity contribution in [3.8, 4) is 0 Å². The van der Waals surface area contributed by atoms with Crippen LogP contribution in [0.1, 0.15) is 86.4 Å². The number of ether oxygens (including phenoxy) is 1. The minimum atomic E-state index is -0.450. The van der Waals surface area contributed by atoms with Gasteiger partial charge in [-0.2, -0.15) is 0 Å². The minimum Gasteiger partial charge on any atom is -0.444 e. The largest absolute Gasteiger partial charge is 0.444 e. The first-order valence-corrected chi connectivity index (χ1v) is 16.9. The van der Waals surface area contributed by atoms with Crippen molar-refractivity contribution in [2.45, 2.75) is 76.5 Å². The van der Waals surface area contributed by atoms with E-state index in [-0.39, 0.29) is 39.8 Å². The molecule has 1 amide bonds. The van der Waals surface area contributed by atoms with Crippen LogP contribution in [0.5, 0.6) is 0 Å². The number of amides is 1. The topological polar surface area (TPSA) is 150 Å². The molecule has 1 atom stereocenters. The Morgan fingerprint density at radius 3 is 2.50 bits per heavy atom. The first kappa shape index (κ1) is 34.5. The molecule has 1 spiro atoms. The number of aliphatic hydroxyl groups is 1. The molecule has 6 N–H and O–H groups in total. The number of fused-ring (bicyclic) bond motifs is 1. The van der Waals surface area contributed by atoms with E-state index in [1.54, 1.807) is 0 Å². The molecule has 1 aromatic carbocycles. The van der Waals surface area contributed by atoms with Gasteiger partial charge in [-0.15, -0.1) is 35.9 Å². The molecule has 1 saturated carbocycles. The molecule has 5 heterocycles. The number of piperidine rings is 1. The summed E-state index contributed by atoms with van der Waals surface area (Å²) in [4.78, 5) is 31.9. The second-order valence-electron chi connectivity index (χ2n) is 14.9. The molecule has 3 fully saturated rings. The average molecular weight is 824 g/mol. The number of hydrogen-bond acceptors (Lipinski definition) is 9. The van der Waals surface area contributed by atoms with E-state index < -0.39 is 5.60 Å². The summed E-state index contributed by atoms with van der Waals surface area (Å²) in [5.74, 6) is 1.57. The summed E-state index contributed by atoms with van der Waals surface area (Å²) < 4.78 is 5.54. The number of nitrogens with zero attached hydrogens (tertiary/aromatic N) is 5. The van der Waals surface area contributed by atoms with Gasteiger partial charge in [-0.05, 0) is 76.7 Å². The molecule has 1 aliphatic carbocycles. The fourth-order valence-corrected chi connectivity index (χ4v) is 8.08. The molecule has 7 rings (SSSR count). The summed E-state index contributed by atoms with van der Waals surface area (Å²) in [7, 11) is 0. The van der Waals surface area contributed by atoms with Crippen molar-refractivity contribution in [2.24, 2.45) is 11.1 Å². The summed E-state index contributed by atoms with van der Waals surface area (Å²) in [5, 5.41) is 10.6. The van der Waals surface area contributed by atoms with Crippen LogP contribution in [0.25, 0.3) is 11.8 Å². The van der Waals surface area contributed by atoms with E-state index >= 15 is 0 Å². The van der Waals surface area contributed by atoms with E-state index in [4.69, 9.17) is 26.2 Å². The minimum absolute atomic E-state index is 0. The van der Waals surface area contributed by atoms with Gasteiger partial charge in [0.1, 0.15) is 11.4 Å². The summed E-state index contributed by atoms with van der Waals surface area (Å²) in [6.45, 7) is 10.1. The molecule has 0 radical (unpaired) electrons. The molecule has 4 aliphatic rings. The number of nitrogens with one attached hydrogen (secondary N) is 1. The van der Waals surface area contributed by atoms with Crippen LogP contribution in [0.3, 0.4) is 0 Å². The van der Waals surface area contributed by atoms with Gasteiger partial charge < -0.3 is 41.0 Å². The van der Waals surface area contributed by atoms with E-state index in [9.17, 15) is 9.90 Å². The van der Waals surface area contributed by atoms with E-state index in [1.165, 1.54) is 18.4 Å². The Morgan fingerprint density at radius 2 is 1.88 bits per heavy atom. The molecule has 48 heavy (non-hydrogen) atoms. The van der Waals surface area contributed by atoms with Crippen LogP contribution < -0.4 is 16.4 Å². The normalized spacial score (nSPS) is 21.7. The van der Waals surface area contributed by atoms with Gasteiger partial charge in [0.25, 0.3) is 0 Å². The fraction of sp³-hybridized carbons (Fsp3) is 0.528. The third-order valence-electron chi connectivity index (χ3n) is 10.5. The molecule has 1 unspecified atom stereocenters. The smallest absolute Gasteiger partial charge is 0.410 e. The number of nitrogen functional groups attached to an aromatic ring is 1. The van der Waals surface area contributed by atoms with Gasteiger partial charge in [0.15, 0.2) is 0 Å². The Hall–Kier alpha value is -3.40. The van der Waals surface area contributed by atoms with E-state index in [0.29, 0.717) is 41.4 Å². The number of H-pyrrole nitrogens is 1. The third kappa shape index (κ3) is 6.74. The fourth-order valence-electron chi connectivity index (χ4n) is 8.08. The number of benzene rings is 1. The molecule has 0 bridgehead atoms. The summed E-state index contributed by atoms with van der Waals surface area (Å²) in [6.07, 6.45) is 10.9. The second-order valence-corrected chi connectivity index (χ2v) is 14.9. The van der Waals surface area contributed by atoms with Gasteiger partial charge in [-0.25, -0.2) is 14.8 Å². The number of carbonyl (C=O) groups excluding carboxylic acids is 1. The zero-order chi connectivity index (χ0) is 32.9. The molecule has 2 saturated heterocycles. The number of aromatic amines is 1. The van der Waals surface area contributed by atoms with E-state index in [2.05, 4.69) is 20.9 Å². The maximum Gasteiger partial charge on any atom is 0.410 e.